The van der Waals surface area contributed by atoms with Crippen molar-refractivity contribution in [2.75, 3.05) is 26.3 Å². The average molecular weight is 444 g/mol. The predicted octanol–water partition coefficient (Wildman–Crippen LogP) is 2.48. The Balaban J connectivity index is 2.19. The number of carbonyl (C=O) groups is 1. The molecule has 1 saturated heterocycles. The SMILES string of the molecule is CC(C)(C)NC(=O)c1[nH]c2ccc(Br)cc2c1S(=O)(=O)N1CCOCC1. The number of ether oxygens (including phenoxy) is 1. The highest BCUT2D eigenvalue weighted by molar-refractivity contribution is 9.10. The van der Waals surface area contributed by atoms with E-state index >= 15 is 0 Å². The van der Waals surface area contributed by atoms with Gasteiger partial charge in [0.1, 0.15) is 10.6 Å². The Morgan fingerprint density at radius 1 is 1.27 bits per heavy atom. The number of hydrogen-bond acceptors (Lipinski definition) is 4. The minimum Gasteiger partial charge on any atom is -0.379 e. The van der Waals surface area contributed by atoms with Gasteiger partial charge in [-0.3, -0.25) is 4.79 Å². The van der Waals surface area contributed by atoms with Crippen LogP contribution in [0.4, 0.5) is 0 Å². The van der Waals surface area contributed by atoms with Crippen LogP contribution >= 0.6 is 15.9 Å². The lowest BCUT2D eigenvalue weighted by Crippen LogP contribution is -2.43. The fourth-order valence-corrected chi connectivity index (χ4v) is 4.98. The zero-order valence-corrected chi connectivity index (χ0v) is 17.3. The van der Waals surface area contributed by atoms with Crippen LogP contribution in [0.2, 0.25) is 0 Å². The molecule has 0 spiro atoms. The normalized spacial score (nSPS) is 16.8. The molecule has 142 valence electrons. The Morgan fingerprint density at radius 2 is 1.92 bits per heavy atom. The molecule has 0 radical (unpaired) electrons. The molecule has 2 aromatic rings. The zero-order valence-electron chi connectivity index (χ0n) is 14.9. The van der Waals surface area contributed by atoms with Crippen LogP contribution in [0.5, 0.6) is 0 Å². The minimum absolute atomic E-state index is 0.0115. The second kappa shape index (κ2) is 6.95. The molecule has 1 aromatic heterocycles. The van der Waals surface area contributed by atoms with Gasteiger partial charge in [0.25, 0.3) is 5.91 Å². The highest BCUT2D eigenvalue weighted by Crippen LogP contribution is 2.32. The second-order valence-corrected chi connectivity index (χ2v) is 10.0. The predicted molar refractivity (Wildman–Crippen MR) is 103 cm³/mol. The molecule has 0 saturated carbocycles. The number of hydrogen-bond donors (Lipinski definition) is 2. The lowest BCUT2D eigenvalue weighted by Gasteiger charge is -2.26. The van der Waals surface area contributed by atoms with E-state index in [9.17, 15) is 13.2 Å². The topological polar surface area (TPSA) is 91.5 Å². The number of benzene rings is 1. The summed E-state index contributed by atoms with van der Waals surface area (Å²) in [5.41, 5.74) is 0.160. The first-order valence-electron chi connectivity index (χ1n) is 8.31. The smallest absolute Gasteiger partial charge is 0.269 e. The van der Waals surface area contributed by atoms with E-state index < -0.39 is 21.5 Å². The molecule has 1 fully saturated rings. The number of halogens is 1. The van der Waals surface area contributed by atoms with E-state index in [-0.39, 0.29) is 23.7 Å². The van der Waals surface area contributed by atoms with Crippen LogP contribution < -0.4 is 5.32 Å². The first-order chi connectivity index (χ1) is 12.1. The summed E-state index contributed by atoms with van der Waals surface area (Å²) >= 11 is 3.38. The highest BCUT2D eigenvalue weighted by atomic mass is 79.9. The van der Waals surface area contributed by atoms with Gasteiger partial charge in [-0.25, -0.2) is 8.42 Å². The van der Waals surface area contributed by atoms with Crippen LogP contribution in [0.15, 0.2) is 27.6 Å². The summed E-state index contributed by atoms with van der Waals surface area (Å²) in [4.78, 5) is 15.8. The maximum absolute atomic E-state index is 13.3. The largest absolute Gasteiger partial charge is 0.379 e. The Bertz CT molecular complexity index is 941. The Labute approximate surface area is 161 Å². The molecule has 1 aliphatic rings. The maximum Gasteiger partial charge on any atom is 0.269 e. The first kappa shape index (κ1) is 19.3. The van der Waals surface area contributed by atoms with Crippen molar-refractivity contribution in [3.05, 3.63) is 28.4 Å². The van der Waals surface area contributed by atoms with Gasteiger partial charge in [0.15, 0.2) is 0 Å². The number of H-pyrrole nitrogens is 1. The third-order valence-electron chi connectivity index (χ3n) is 4.00. The molecular weight excluding hydrogens is 422 g/mol. The van der Waals surface area contributed by atoms with Crippen molar-refractivity contribution in [3.8, 4) is 0 Å². The van der Waals surface area contributed by atoms with Gasteiger partial charge in [0.05, 0.1) is 13.2 Å². The molecule has 26 heavy (non-hydrogen) atoms. The number of amides is 1. The maximum atomic E-state index is 13.3. The summed E-state index contributed by atoms with van der Waals surface area (Å²) in [7, 11) is -3.85. The van der Waals surface area contributed by atoms with E-state index in [0.717, 1.165) is 4.47 Å². The van der Waals surface area contributed by atoms with E-state index in [1.807, 2.05) is 20.8 Å². The number of fused-ring (bicyclic) bond motifs is 1. The van der Waals surface area contributed by atoms with Crippen LogP contribution in [-0.2, 0) is 14.8 Å². The number of sulfonamides is 1. The van der Waals surface area contributed by atoms with Crippen LogP contribution in [-0.4, -0.2) is 55.5 Å². The van der Waals surface area contributed by atoms with Gasteiger partial charge in [0.2, 0.25) is 10.0 Å². The molecule has 1 amide bonds. The molecule has 7 nitrogen and oxygen atoms in total. The number of nitrogens with zero attached hydrogens (tertiary/aromatic N) is 1. The van der Waals surface area contributed by atoms with Gasteiger partial charge < -0.3 is 15.0 Å². The Kier molecular flexibility index (Phi) is 5.17. The van der Waals surface area contributed by atoms with Gasteiger partial charge in [-0.05, 0) is 39.0 Å². The summed E-state index contributed by atoms with van der Waals surface area (Å²) in [6.45, 7) is 6.76. The van der Waals surface area contributed by atoms with Crippen LogP contribution in [0, 0.1) is 0 Å². The third-order valence-corrected chi connectivity index (χ3v) is 6.47. The third kappa shape index (κ3) is 3.80. The average Bonchev–Trinajstić information content (AvgIpc) is 2.93. The molecule has 3 rings (SSSR count). The number of aromatic nitrogens is 1. The van der Waals surface area contributed by atoms with Gasteiger partial charge in [-0.1, -0.05) is 15.9 Å². The lowest BCUT2D eigenvalue weighted by atomic mass is 10.1. The van der Waals surface area contributed by atoms with Gasteiger partial charge in [-0.2, -0.15) is 4.31 Å². The van der Waals surface area contributed by atoms with Crippen molar-refractivity contribution in [1.29, 1.82) is 0 Å². The van der Waals surface area contributed by atoms with Crippen molar-refractivity contribution in [2.24, 2.45) is 0 Å². The van der Waals surface area contributed by atoms with Crippen molar-refractivity contribution >= 4 is 42.8 Å². The number of morpholine rings is 1. The minimum atomic E-state index is -3.85. The van der Waals surface area contributed by atoms with Gasteiger partial charge in [-0.15, -0.1) is 0 Å². The number of rotatable bonds is 3. The monoisotopic (exact) mass is 443 g/mol. The molecule has 0 unspecified atom stereocenters. The Morgan fingerprint density at radius 3 is 2.54 bits per heavy atom. The number of carbonyl (C=O) groups excluding carboxylic acids is 1. The van der Waals surface area contributed by atoms with Crippen LogP contribution in [0.3, 0.4) is 0 Å². The second-order valence-electron chi connectivity index (χ2n) is 7.24. The number of nitrogens with one attached hydrogen (secondary N) is 2. The molecule has 9 heteroatoms. The molecule has 1 aromatic carbocycles. The van der Waals surface area contributed by atoms with Crippen molar-refractivity contribution in [2.45, 2.75) is 31.2 Å². The van der Waals surface area contributed by atoms with E-state index in [2.05, 4.69) is 26.2 Å². The van der Waals surface area contributed by atoms with Crippen molar-refractivity contribution in [1.82, 2.24) is 14.6 Å². The summed E-state index contributed by atoms with van der Waals surface area (Å²) < 4.78 is 34.0. The standard InChI is InChI=1S/C17H22BrN3O4S/c1-17(2,3)20-16(22)14-15(12-10-11(18)4-5-13(12)19-14)26(23,24)21-6-8-25-9-7-21/h4-5,10,19H,6-9H2,1-3H3,(H,20,22). The first-order valence-corrected chi connectivity index (χ1v) is 10.5. The van der Waals surface area contributed by atoms with Crippen LogP contribution in [0.25, 0.3) is 10.9 Å². The van der Waals surface area contributed by atoms with Gasteiger partial charge in [0, 0.05) is 34.0 Å². The van der Waals surface area contributed by atoms with E-state index in [4.69, 9.17) is 4.74 Å². The lowest BCUT2D eigenvalue weighted by molar-refractivity contribution is 0.0730. The molecule has 0 bridgehead atoms. The highest BCUT2D eigenvalue weighted by Gasteiger charge is 2.34. The van der Waals surface area contributed by atoms with E-state index in [0.29, 0.717) is 24.1 Å². The molecule has 2 N–H and O–H groups in total. The summed E-state index contributed by atoms with van der Waals surface area (Å²) in [5, 5.41) is 3.33. The molecule has 2 heterocycles. The summed E-state index contributed by atoms with van der Waals surface area (Å²) in [6, 6.07) is 5.27. The zero-order chi connectivity index (χ0) is 19.1. The molecule has 0 atom stereocenters. The molecular formula is C17H22BrN3O4S. The van der Waals surface area contributed by atoms with E-state index in [1.165, 1.54) is 4.31 Å². The number of aromatic amines is 1. The van der Waals surface area contributed by atoms with Gasteiger partial charge >= 0.3 is 0 Å². The fraction of sp³-hybridized carbons (Fsp3) is 0.471. The fourth-order valence-electron chi connectivity index (χ4n) is 2.89. The van der Waals surface area contributed by atoms with E-state index in [1.54, 1.807) is 18.2 Å². The Hall–Kier alpha value is -1.42. The van der Waals surface area contributed by atoms with Crippen LogP contribution in [0.1, 0.15) is 31.3 Å². The quantitative estimate of drug-likeness (QED) is 0.761. The van der Waals surface area contributed by atoms with Crippen molar-refractivity contribution < 1.29 is 17.9 Å². The summed E-state index contributed by atoms with van der Waals surface area (Å²) in [6.07, 6.45) is 0. The molecule has 0 aliphatic carbocycles. The summed E-state index contributed by atoms with van der Waals surface area (Å²) in [5.74, 6) is -0.448. The van der Waals surface area contributed by atoms with Crippen molar-refractivity contribution in [3.63, 3.8) is 0 Å². The molecule has 1 aliphatic heterocycles.